The van der Waals surface area contributed by atoms with E-state index in [1.807, 2.05) is 13.8 Å². The van der Waals surface area contributed by atoms with Crippen LogP contribution in [0.3, 0.4) is 0 Å². The van der Waals surface area contributed by atoms with Gasteiger partial charge in [0.15, 0.2) is 0 Å². The Morgan fingerprint density at radius 1 is 1.35 bits per heavy atom. The van der Waals surface area contributed by atoms with Crippen LogP contribution in [0.4, 0.5) is 17.6 Å². The van der Waals surface area contributed by atoms with Crippen molar-refractivity contribution in [1.29, 1.82) is 0 Å². The molecular formula is C15H19F4N. The molecule has 0 saturated carbocycles. The second kappa shape index (κ2) is 6.88. The summed E-state index contributed by atoms with van der Waals surface area (Å²) >= 11 is 0. The van der Waals surface area contributed by atoms with Crippen molar-refractivity contribution in [2.45, 2.75) is 38.9 Å². The molecule has 0 spiro atoms. The number of allylic oxidation sites excluding steroid dienone is 1. The molecule has 1 aromatic carbocycles. The number of benzene rings is 1. The summed E-state index contributed by atoms with van der Waals surface area (Å²) in [6.07, 6.45) is -3.34. The van der Waals surface area contributed by atoms with E-state index in [9.17, 15) is 17.6 Å². The second-order valence-electron chi connectivity index (χ2n) is 4.84. The summed E-state index contributed by atoms with van der Waals surface area (Å²) < 4.78 is 51.4. The van der Waals surface area contributed by atoms with Crippen molar-refractivity contribution < 1.29 is 17.6 Å². The summed E-state index contributed by atoms with van der Waals surface area (Å²) in [4.78, 5) is 0. The van der Waals surface area contributed by atoms with Crippen LogP contribution >= 0.6 is 0 Å². The lowest BCUT2D eigenvalue weighted by Crippen LogP contribution is -2.22. The molecule has 0 heterocycles. The Bertz CT molecular complexity index is 465. The Kier molecular flexibility index (Phi) is 5.74. The SMILES string of the molecule is C=C(C)CCC(NCC)c1ccc(F)c(C(F)(F)F)c1. The summed E-state index contributed by atoms with van der Waals surface area (Å²) in [7, 11) is 0. The maximum Gasteiger partial charge on any atom is 0.419 e. The molecule has 1 N–H and O–H groups in total. The molecule has 20 heavy (non-hydrogen) atoms. The molecule has 0 bridgehead atoms. The molecule has 0 aromatic heterocycles. The van der Waals surface area contributed by atoms with E-state index in [1.165, 1.54) is 6.07 Å². The first kappa shape index (κ1) is 16.7. The lowest BCUT2D eigenvalue weighted by Gasteiger charge is -2.20. The summed E-state index contributed by atoms with van der Waals surface area (Å²) in [6, 6.07) is 2.93. The zero-order valence-corrected chi connectivity index (χ0v) is 11.6. The fourth-order valence-corrected chi connectivity index (χ4v) is 2.00. The quantitative estimate of drug-likeness (QED) is 0.583. The van der Waals surface area contributed by atoms with E-state index in [4.69, 9.17) is 0 Å². The average molecular weight is 289 g/mol. The fraction of sp³-hybridized carbons (Fsp3) is 0.467. The highest BCUT2D eigenvalue weighted by atomic mass is 19.4. The third-order valence-electron chi connectivity index (χ3n) is 3.01. The van der Waals surface area contributed by atoms with Gasteiger partial charge in [0.1, 0.15) is 5.82 Å². The molecule has 0 aliphatic heterocycles. The standard InChI is InChI=1S/C15H19F4N/c1-4-20-14(8-5-10(2)3)11-6-7-13(16)12(9-11)15(17,18)19/h6-7,9,14,20H,2,4-5,8H2,1,3H3. The maximum atomic E-state index is 13.3. The Hall–Kier alpha value is -1.36. The van der Waals surface area contributed by atoms with Crippen LogP contribution in [-0.4, -0.2) is 6.54 Å². The highest BCUT2D eigenvalue weighted by Crippen LogP contribution is 2.33. The van der Waals surface area contributed by atoms with E-state index >= 15 is 0 Å². The molecule has 1 rings (SSSR count). The van der Waals surface area contributed by atoms with Crippen LogP contribution in [-0.2, 0) is 6.18 Å². The largest absolute Gasteiger partial charge is 0.419 e. The molecule has 112 valence electrons. The van der Waals surface area contributed by atoms with Crippen molar-refractivity contribution in [2.24, 2.45) is 0 Å². The minimum absolute atomic E-state index is 0.238. The maximum absolute atomic E-state index is 13.3. The van der Waals surface area contributed by atoms with Gasteiger partial charge in [-0.1, -0.05) is 18.6 Å². The van der Waals surface area contributed by atoms with E-state index in [0.717, 1.165) is 17.7 Å². The van der Waals surface area contributed by atoms with Crippen LogP contribution in [0.25, 0.3) is 0 Å². The van der Waals surface area contributed by atoms with Gasteiger partial charge in [-0.05, 0) is 44.0 Å². The molecule has 0 aliphatic carbocycles. The number of alkyl halides is 3. The number of rotatable bonds is 6. The Morgan fingerprint density at radius 3 is 2.50 bits per heavy atom. The van der Waals surface area contributed by atoms with Crippen molar-refractivity contribution in [3.05, 3.63) is 47.3 Å². The van der Waals surface area contributed by atoms with Crippen LogP contribution in [0.2, 0.25) is 0 Å². The van der Waals surface area contributed by atoms with Gasteiger partial charge in [0.2, 0.25) is 0 Å². The van der Waals surface area contributed by atoms with Gasteiger partial charge >= 0.3 is 6.18 Å². The minimum Gasteiger partial charge on any atom is -0.310 e. The first-order chi connectivity index (χ1) is 9.25. The number of hydrogen-bond acceptors (Lipinski definition) is 1. The van der Waals surface area contributed by atoms with Crippen molar-refractivity contribution in [1.82, 2.24) is 5.32 Å². The Morgan fingerprint density at radius 2 is 2.00 bits per heavy atom. The molecule has 0 radical (unpaired) electrons. The van der Waals surface area contributed by atoms with Crippen LogP contribution < -0.4 is 5.32 Å². The van der Waals surface area contributed by atoms with Gasteiger partial charge in [-0.25, -0.2) is 4.39 Å². The van der Waals surface area contributed by atoms with E-state index in [1.54, 1.807) is 0 Å². The first-order valence-corrected chi connectivity index (χ1v) is 6.50. The summed E-state index contributed by atoms with van der Waals surface area (Å²) in [5, 5.41) is 3.12. The second-order valence-corrected chi connectivity index (χ2v) is 4.84. The Labute approximate surface area is 116 Å². The first-order valence-electron chi connectivity index (χ1n) is 6.50. The Balaban J connectivity index is 3.04. The van der Waals surface area contributed by atoms with E-state index in [2.05, 4.69) is 11.9 Å². The zero-order valence-electron chi connectivity index (χ0n) is 11.6. The van der Waals surface area contributed by atoms with Gasteiger partial charge < -0.3 is 5.32 Å². The van der Waals surface area contributed by atoms with E-state index in [0.29, 0.717) is 24.9 Å². The smallest absolute Gasteiger partial charge is 0.310 e. The molecule has 1 aromatic rings. The lowest BCUT2D eigenvalue weighted by molar-refractivity contribution is -0.140. The molecular weight excluding hydrogens is 270 g/mol. The van der Waals surface area contributed by atoms with Gasteiger partial charge in [-0.3, -0.25) is 0 Å². The summed E-state index contributed by atoms with van der Waals surface area (Å²) in [5.41, 5.74) is 0.195. The average Bonchev–Trinajstić information content (AvgIpc) is 2.33. The zero-order chi connectivity index (χ0) is 15.3. The van der Waals surface area contributed by atoms with Crippen molar-refractivity contribution >= 4 is 0 Å². The molecule has 0 aliphatic rings. The molecule has 0 saturated heterocycles. The van der Waals surface area contributed by atoms with Crippen LogP contribution in [0.5, 0.6) is 0 Å². The van der Waals surface area contributed by atoms with Crippen LogP contribution in [0.15, 0.2) is 30.4 Å². The molecule has 1 atom stereocenters. The van der Waals surface area contributed by atoms with Gasteiger partial charge in [-0.2, -0.15) is 13.2 Å². The highest BCUT2D eigenvalue weighted by molar-refractivity contribution is 5.29. The predicted molar refractivity (Wildman–Crippen MR) is 71.9 cm³/mol. The van der Waals surface area contributed by atoms with Crippen molar-refractivity contribution in [3.63, 3.8) is 0 Å². The highest BCUT2D eigenvalue weighted by Gasteiger charge is 2.34. The molecule has 1 unspecified atom stereocenters. The van der Waals surface area contributed by atoms with E-state index < -0.39 is 17.6 Å². The third kappa shape index (κ3) is 4.63. The number of hydrogen-bond donors (Lipinski definition) is 1. The van der Waals surface area contributed by atoms with E-state index in [-0.39, 0.29) is 6.04 Å². The van der Waals surface area contributed by atoms with Gasteiger partial charge in [-0.15, -0.1) is 6.58 Å². The molecule has 0 fully saturated rings. The van der Waals surface area contributed by atoms with Gasteiger partial charge in [0.05, 0.1) is 5.56 Å². The molecule has 5 heteroatoms. The van der Waals surface area contributed by atoms with Gasteiger partial charge in [0.25, 0.3) is 0 Å². The third-order valence-corrected chi connectivity index (χ3v) is 3.01. The van der Waals surface area contributed by atoms with Crippen molar-refractivity contribution in [3.8, 4) is 0 Å². The van der Waals surface area contributed by atoms with Gasteiger partial charge in [0, 0.05) is 6.04 Å². The summed E-state index contributed by atoms with van der Waals surface area (Å²) in [5.74, 6) is -1.24. The fourth-order valence-electron chi connectivity index (χ4n) is 2.00. The molecule has 1 nitrogen and oxygen atoms in total. The predicted octanol–water partition coefficient (Wildman–Crippen LogP) is 4.85. The van der Waals surface area contributed by atoms with Crippen molar-refractivity contribution in [2.75, 3.05) is 6.54 Å². The molecule has 0 amide bonds. The summed E-state index contributed by atoms with van der Waals surface area (Å²) in [6.45, 7) is 8.16. The monoisotopic (exact) mass is 289 g/mol. The number of halogens is 4. The lowest BCUT2D eigenvalue weighted by atomic mass is 9.97. The van der Waals surface area contributed by atoms with Crippen LogP contribution in [0.1, 0.15) is 43.9 Å². The van der Waals surface area contributed by atoms with Crippen LogP contribution in [0, 0.1) is 5.82 Å². The minimum atomic E-state index is -4.68. The topological polar surface area (TPSA) is 12.0 Å². The normalized spacial score (nSPS) is 13.3. The number of nitrogens with one attached hydrogen (secondary N) is 1.